The topological polar surface area (TPSA) is 61.6 Å². The van der Waals surface area contributed by atoms with Gasteiger partial charge in [0.05, 0.1) is 26.3 Å². The fourth-order valence-corrected chi connectivity index (χ4v) is 3.41. The first kappa shape index (κ1) is 20.6. The van der Waals surface area contributed by atoms with Crippen molar-refractivity contribution in [1.29, 1.82) is 0 Å². The number of aliphatic imine (C=N–C) groups is 2. The molecule has 2 heterocycles. The first-order chi connectivity index (χ1) is 14.3. The van der Waals surface area contributed by atoms with Crippen LogP contribution >= 0.6 is 0 Å². The molecule has 0 saturated carbocycles. The van der Waals surface area contributed by atoms with E-state index < -0.39 is 11.6 Å². The maximum atomic E-state index is 5.99. The number of para-hydroxylation sites is 1. The monoisotopic (exact) mass is 408 g/mol. The average Bonchev–Trinajstić information content (AvgIpc) is 2.69. The quantitative estimate of drug-likeness (QED) is 0.539. The van der Waals surface area contributed by atoms with E-state index in [0.29, 0.717) is 26.3 Å². The van der Waals surface area contributed by atoms with Crippen molar-refractivity contribution in [2.24, 2.45) is 9.98 Å². The Morgan fingerprint density at radius 2 is 1.43 bits per heavy atom. The Labute approximate surface area is 177 Å². The summed E-state index contributed by atoms with van der Waals surface area (Å²) in [5.74, 6) is 0.478. The summed E-state index contributed by atoms with van der Waals surface area (Å²) in [5.41, 5.74) is 4.04. The van der Waals surface area contributed by atoms with E-state index in [1.165, 1.54) is 0 Å². The second kappa shape index (κ2) is 8.20. The van der Waals surface area contributed by atoms with E-state index in [4.69, 9.17) is 18.9 Å². The largest absolute Gasteiger partial charge is 0.463 e. The van der Waals surface area contributed by atoms with Crippen LogP contribution in [0.1, 0.15) is 49.9 Å². The summed E-state index contributed by atoms with van der Waals surface area (Å²) in [6.07, 6.45) is 3.72. The van der Waals surface area contributed by atoms with Crippen LogP contribution < -0.4 is 9.47 Å². The standard InChI is InChI=1S/C24H28N2O4/c1-23(2)28-16-20-17(7-6-10-21(20)29-23)13-25-11-12-26-14-18-8-5-9-19-15-27-24(3,4)30-22(18)19/h5-10,13-14H,11-12,15-16H2,1-4H3. The van der Waals surface area contributed by atoms with Crippen LogP contribution in [0.15, 0.2) is 46.4 Å². The summed E-state index contributed by atoms with van der Waals surface area (Å²) in [6.45, 7) is 9.90. The average molecular weight is 408 g/mol. The van der Waals surface area contributed by atoms with Crippen molar-refractivity contribution in [3.63, 3.8) is 0 Å². The van der Waals surface area contributed by atoms with Gasteiger partial charge in [0.25, 0.3) is 0 Å². The predicted octanol–water partition coefficient (Wildman–Crippen LogP) is 4.51. The number of benzene rings is 2. The summed E-state index contributed by atoms with van der Waals surface area (Å²) in [4.78, 5) is 9.05. The SMILES string of the molecule is CC1(C)OCc2c(C=NCCN=Cc3cccc4c3OC(C)(C)OC4)cccc2O1. The highest BCUT2D eigenvalue weighted by Crippen LogP contribution is 2.34. The third kappa shape index (κ3) is 4.71. The Balaban J connectivity index is 1.37. The molecule has 0 spiro atoms. The molecule has 0 fully saturated rings. The highest BCUT2D eigenvalue weighted by molar-refractivity contribution is 5.84. The van der Waals surface area contributed by atoms with Gasteiger partial charge in [0.15, 0.2) is 0 Å². The number of hydrogen-bond donors (Lipinski definition) is 0. The summed E-state index contributed by atoms with van der Waals surface area (Å²) in [5, 5.41) is 0. The Kier molecular flexibility index (Phi) is 5.62. The van der Waals surface area contributed by atoms with E-state index in [1.54, 1.807) is 0 Å². The summed E-state index contributed by atoms with van der Waals surface area (Å²) < 4.78 is 23.3. The number of rotatable bonds is 5. The molecule has 0 bridgehead atoms. The van der Waals surface area contributed by atoms with Crippen molar-refractivity contribution >= 4 is 12.4 Å². The van der Waals surface area contributed by atoms with Crippen molar-refractivity contribution in [3.05, 3.63) is 58.7 Å². The molecule has 158 valence electrons. The van der Waals surface area contributed by atoms with Crippen molar-refractivity contribution in [3.8, 4) is 11.5 Å². The molecule has 0 N–H and O–H groups in total. The van der Waals surface area contributed by atoms with Crippen LogP contribution in [0.3, 0.4) is 0 Å². The molecule has 6 heteroatoms. The van der Waals surface area contributed by atoms with Gasteiger partial charge in [0, 0.05) is 62.4 Å². The number of fused-ring (bicyclic) bond motifs is 2. The van der Waals surface area contributed by atoms with Crippen LogP contribution in [0.4, 0.5) is 0 Å². The molecule has 0 saturated heterocycles. The molecule has 0 aromatic heterocycles. The highest BCUT2D eigenvalue weighted by atomic mass is 16.7. The minimum absolute atomic E-state index is 0.516. The predicted molar refractivity (Wildman–Crippen MR) is 117 cm³/mol. The lowest BCUT2D eigenvalue weighted by atomic mass is 10.1. The van der Waals surface area contributed by atoms with E-state index in [1.807, 2.05) is 76.5 Å². The fraction of sp³-hybridized carbons (Fsp3) is 0.417. The number of hydrogen-bond acceptors (Lipinski definition) is 6. The van der Waals surface area contributed by atoms with E-state index in [0.717, 1.165) is 33.8 Å². The van der Waals surface area contributed by atoms with Gasteiger partial charge in [-0.15, -0.1) is 0 Å². The van der Waals surface area contributed by atoms with Gasteiger partial charge in [-0.1, -0.05) is 24.3 Å². The molecular formula is C24H28N2O4. The molecule has 0 aliphatic carbocycles. The molecule has 6 nitrogen and oxygen atoms in total. The molecule has 2 aromatic rings. The van der Waals surface area contributed by atoms with Gasteiger partial charge < -0.3 is 18.9 Å². The van der Waals surface area contributed by atoms with Crippen molar-refractivity contribution in [1.82, 2.24) is 0 Å². The zero-order valence-corrected chi connectivity index (χ0v) is 18.0. The van der Waals surface area contributed by atoms with Crippen molar-refractivity contribution in [2.75, 3.05) is 13.1 Å². The molecule has 0 unspecified atom stereocenters. The molecular weight excluding hydrogens is 380 g/mol. The van der Waals surface area contributed by atoms with Crippen LogP contribution in [0.5, 0.6) is 11.5 Å². The minimum Gasteiger partial charge on any atom is -0.463 e. The van der Waals surface area contributed by atoms with Gasteiger partial charge in [-0.05, 0) is 12.1 Å². The zero-order chi connectivity index (χ0) is 21.2. The number of ether oxygens (including phenoxy) is 4. The molecule has 0 atom stereocenters. The first-order valence-electron chi connectivity index (χ1n) is 10.2. The van der Waals surface area contributed by atoms with Crippen LogP contribution in [-0.4, -0.2) is 37.1 Å². The molecule has 2 aliphatic heterocycles. The molecule has 30 heavy (non-hydrogen) atoms. The summed E-state index contributed by atoms with van der Waals surface area (Å²) in [6, 6.07) is 12.0. The molecule has 4 rings (SSSR count). The molecule has 0 amide bonds. The van der Waals surface area contributed by atoms with E-state index in [-0.39, 0.29) is 0 Å². The van der Waals surface area contributed by atoms with Crippen LogP contribution in [0, 0.1) is 0 Å². The Morgan fingerprint density at radius 1 is 0.800 bits per heavy atom. The smallest absolute Gasteiger partial charge is 0.205 e. The van der Waals surface area contributed by atoms with Crippen molar-refractivity contribution in [2.45, 2.75) is 52.5 Å². The zero-order valence-electron chi connectivity index (χ0n) is 18.0. The van der Waals surface area contributed by atoms with Crippen LogP contribution in [0.2, 0.25) is 0 Å². The lowest BCUT2D eigenvalue weighted by molar-refractivity contribution is -0.180. The Hall–Kier alpha value is -2.70. The third-order valence-corrected chi connectivity index (χ3v) is 4.96. The second-order valence-electron chi connectivity index (χ2n) is 8.31. The Morgan fingerprint density at radius 3 is 2.23 bits per heavy atom. The van der Waals surface area contributed by atoms with E-state index >= 15 is 0 Å². The van der Waals surface area contributed by atoms with Gasteiger partial charge in [-0.3, -0.25) is 9.98 Å². The van der Waals surface area contributed by atoms with Crippen LogP contribution in [-0.2, 0) is 22.7 Å². The molecule has 0 radical (unpaired) electrons. The highest BCUT2D eigenvalue weighted by Gasteiger charge is 2.29. The van der Waals surface area contributed by atoms with Gasteiger partial charge in [-0.25, -0.2) is 0 Å². The fourth-order valence-electron chi connectivity index (χ4n) is 3.41. The Bertz CT molecular complexity index is 979. The van der Waals surface area contributed by atoms with E-state index in [9.17, 15) is 0 Å². The maximum absolute atomic E-state index is 5.99. The lowest BCUT2D eigenvalue weighted by Crippen LogP contribution is -2.35. The van der Waals surface area contributed by atoms with Crippen molar-refractivity contribution < 1.29 is 18.9 Å². The molecule has 2 aliphatic rings. The minimum atomic E-state index is -0.626. The first-order valence-corrected chi connectivity index (χ1v) is 10.2. The van der Waals surface area contributed by atoms with Gasteiger partial charge in [0.2, 0.25) is 11.6 Å². The maximum Gasteiger partial charge on any atom is 0.205 e. The van der Waals surface area contributed by atoms with E-state index in [2.05, 4.69) is 9.98 Å². The van der Waals surface area contributed by atoms with Gasteiger partial charge >= 0.3 is 0 Å². The van der Waals surface area contributed by atoms with Gasteiger partial charge in [-0.2, -0.15) is 0 Å². The van der Waals surface area contributed by atoms with Crippen LogP contribution in [0.25, 0.3) is 0 Å². The number of nitrogens with zero attached hydrogens (tertiary/aromatic N) is 2. The summed E-state index contributed by atoms with van der Waals surface area (Å²) >= 11 is 0. The van der Waals surface area contributed by atoms with Gasteiger partial charge in [0.1, 0.15) is 11.5 Å². The third-order valence-electron chi connectivity index (χ3n) is 4.96. The lowest BCUT2D eigenvalue weighted by Gasteiger charge is -2.33. The summed E-state index contributed by atoms with van der Waals surface area (Å²) in [7, 11) is 0. The molecule has 2 aromatic carbocycles. The normalized spacial score (nSPS) is 19.2. The second-order valence-corrected chi connectivity index (χ2v) is 8.31.